The minimum absolute atomic E-state index is 0.356. The zero-order chi connectivity index (χ0) is 22.9. The van der Waals surface area contributed by atoms with Gasteiger partial charge in [0.05, 0.1) is 0 Å². The van der Waals surface area contributed by atoms with Crippen molar-refractivity contribution in [2.24, 2.45) is 0 Å². The summed E-state index contributed by atoms with van der Waals surface area (Å²) in [5, 5.41) is 0. The van der Waals surface area contributed by atoms with Gasteiger partial charge in [0.1, 0.15) is 17.5 Å². The van der Waals surface area contributed by atoms with Gasteiger partial charge in [0.15, 0.2) is 0 Å². The zero-order valence-electron chi connectivity index (χ0n) is 20.8. The van der Waals surface area contributed by atoms with Crippen LogP contribution in [0.5, 0.6) is 0 Å². The Morgan fingerprint density at radius 2 is 1.55 bits per heavy atom. The smallest absolute Gasteiger partial charge is 0.229 e. The molecule has 7 heteroatoms. The highest BCUT2D eigenvalue weighted by Gasteiger charge is 2.30. The van der Waals surface area contributed by atoms with E-state index < -0.39 is 0 Å². The summed E-state index contributed by atoms with van der Waals surface area (Å²) in [4.78, 5) is 24.8. The van der Waals surface area contributed by atoms with Crippen LogP contribution in [0.25, 0.3) is 0 Å². The summed E-state index contributed by atoms with van der Waals surface area (Å²) in [5.74, 6) is 4.24. The van der Waals surface area contributed by atoms with Crippen molar-refractivity contribution in [3.05, 3.63) is 29.5 Å². The Kier molecular flexibility index (Phi) is 6.30. The van der Waals surface area contributed by atoms with E-state index in [0.717, 1.165) is 62.7 Å². The van der Waals surface area contributed by atoms with Crippen LogP contribution in [-0.4, -0.2) is 66.3 Å². The van der Waals surface area contributed by atoms with E-state index in [9.17, 15) is 0 Å². The highest BCUT2D eigenvalue weighted by atomic mass is 15.4. The van der Waals surface area contributed by atoms with Crippen LogP contribution in [0.15, 0.2) is 18.3 Å². The van der Waals surface area contributed by atoms with E-state index in [-0.39, 0.29) is 0 Å². The van der Waals surface area contributed by atoms with Crippen LogP contribution < -0.4 is 19.6 Å². The lowest BCUT2D eigenvalue weighted by Gasteiger charge is -2.42. The topological polar surface area (TPSA) is 51.6 Å². The summed E-state index contributed by atoms with van der Waals surface area (Å²) in [6.07, 6.45) is 8.28. The van der Waals surface area contributed by atoms with Crippen LogP contribution in [0.4, 0.5) is 23.4 Å². The average molecular weight is 450 g/mol. The van der Waals surface area contributed by atoms with E-state index in [1.165, 1.54) is 43.2 Å². The summed E-state index contributed by atoms with van der Waals surface area (Å²) in [5.41, 5.74) is 2.48. The molecule has 0 aliphatic carbocycles. The van der Waals surface area contributed by atoms with Crippen molar-refractivity contribution in [1.29, 1.82) is 0 Å². The third kappa shape index (κ3) is 4.59. The third-order valence-electron chi connectivity index (χ3n) is 7.59. The third-order valence-corrected chi connectivity index (χ3v) is 7.59. The SMILES string of the molecule is Cc1cnc(N2CCN(c3cc(N4CCCCC4)nc(N4CCCC4C)n3)C(C)C2)c(C)c1. The normalized spacial score (nSPS) is 24.0. The summed E-state index contributed by atoms with van der Waals surface area (Å²) >= 11 is 0. The second-order valence-electron chi connectivity index (χ2n) is 10.3. The first-order valence-electron chi connectivity index (χ1n) is 12.8. The Morgan fingerprint density at radius 3 is 2.24 bits per heavy atom. The molecule has 3 aliphatic rings. The van der Waals surface area contributed by atoms with E-state index in [1.54, 1.807) is 0 Å². The number of aromatic nitrogens is 3. The zero-order valence-corrected chi connectivity index (χ0v) is 20.8. The van der Waals surface area contributed by atoms with Crippen molar-refractivity contribution in [1.82, 2.24) is 15.0 Å². The van der Waals surface area contributed by atoms with Gasteiger partial charge in [-0.05, 0) is 70.9 Å². The predicted octanol–water partition coefficient (Wildman–Crippen LogP) is 4.18. The van der Waals surface area contributed by atoms with Crippen LogP contribution in [0.3, 0.4) is 0 Å². The van der Waals surface area contributed by atoms with Crippen molar-refractivity contribution in [2.45, 2.75) is 71.9 Å². The molecule has 0 aromatic carbocycles. The molecular formula is C26H39N7. The fourth-order valence-electron chi connectivity index (χ4n) is 5.73. The molecule has 0 N–H and O–H groups in total. The Bertz CT molecular complexity index is 971. The molecule has 3 saturated heterocycles. The molecule has 0 saturated carbocycles. The number of aryl methyl sites for hydroxylation is 2. The van der Waals surface area contributed by atoms with Gasteiger partial charge in [-0.25, -0.2) is 4.98 Å². The Morgan fingerprint density at radius 1 is 0.758 bits per heavy atom. The Labute approximate surface area is 198 Å². The molecule has 0 bridgehead atoms. The second kappa shape index (κ2) is 9.35. The summed E-state index contributed by atoms with van der Waals surface area (Å²) in [6, 6.07) is 5.35. The van der Waals surface area contributed by atoms with E-state index in [0.29, 0.717) is 12.1 Å². The first kappa shape index (κ1) is 22.2. The molecule has 2 aromatic rings. The molecule has 178 valence electrons. The number of piperidine rings is 1. The Balaban J connectivity index is 1.41. The van der Waals surface area contributed by atoms with Gasteiger partial charge in [0.2, 0.25) is 5.95 Å². The van der Waals surface area contributed by atoms with E-state index in [2.05, 4.69) is 59.4 Å². The van der Waals surface area contributed by atoms with E-state index in [1.807, 2.05) is 6.20 Å². The van der Waals surface area contributed by atoms with Gasteiger partial charge < -0.3 is 19.6 Å². The monoisotopic (exact) mass is 449 g/mol. The number of anilines is 4. The lowest BCUT2D eigenvalue weighted by molar-refractivity contribution is 0.540. The molecule has 0 spiro atoms. The first-order chi connectivity index (χ1) is 16.0. The minimum Gasteiger partial charge on any atom is -0.356 e. The Hall–Kier alpha value is -2.57. The molecule has 0 amide bonds. The van der Waals surface area contributed by atoms with Gasteiger partial charge in [-0.2, -0.15) is 9.97 Å². The lowest BCUT2D eigenvalue weighted by Crippen LogP contribution is -2.53. The molecule has 0 radical (unpaired) electrons. The van der Waals surface area contributed by atoms with Crippen molar-refractivity contribution in [2.75, 3.05) is 58.9 Å². The maximum absolute atomic E-state index is 5.14. The molecule has 3 aliphatic heterocycles. The number of rotatable bonds is 4. The molecule has 5 rings (SSSR count). The molecule has 2 atom stereocenters. The molecule has 7 nitrogen and oxygen atoms in total. The number of nitrogens with zero attached hydrogens (tertiary/aromatic N) is 7. The van der Waals surface area contributed by atoms with Gasteiger partial charge >= 0.3 is 0 Å². The van der Waals surface area contributed by atoms with Crippen molar-refractivity contribution < 1.29 is 0 Å². The highest BCUT2D eigenvalue weighted by Crippen LogP contribution is 2.31. The molecule has 33 heavy (non-hydrogen) atoms. The van der Waals surface area contributed by atoms with Gasteiger partial charge in [0.25, 0.3) is 0 Å². The lowest BCUT2D eigenvalue weighted by atomic mass is 10.1. The number of piperazine rings is 1. The quantitative estimate of drug-likeness (QED) is 0.694. The molecule has 5 heterocycles. The molecule has 2 unspecified atom stereocenters. The predicted molar refractivity (Wildman–Crippen MR) is 137 cm³/mol. The first-order valence-corrected chi connectivity index (χ1v) is 12.8. The average Bonchev–Trinajstić information content (AvgIpc) is 3.25. The van der Waals surface area contributed by atoms with Crippen LogP contribution in [0.2, 0.25) is 0 Å². The van der Waals surface area contributed by atoms with Crippen molar-refractivity contribution >= 4 is 23.4 Å². The molecular weight excluding hydrogens is 410 g/mol. The van der Waals surface area contributed by atoms with E-state index >= 15 is 0 Å². The molecule has 3 fully saturated rings. The van der Waals surface area contributed by atoms with Gasteiger partial charge in [0, 0.05) is 63.6 Å². The summed E-state index contributed by atoms with van der Waals surface area (Å²) < 4.78 is 0. The summed E-state index contributed by atoms with van der Waals surface area (Å²) in [6.45, 7) is 15.0. The van der Waals surface area contributed by atoms with Crippen molar-refractivity contribution in [3.8, 4) is 0 Å². The maximum Gasteiger partial charge on any atom is 0.229 e. The fourth-order valence-corrected chi connectivity index (χ4v) is 5.73. The number of pyridine rings is 1. The highest BCUT2D eigenvalue weighted by molar-refractivity contribution is 5.58. The minimum atomic E-state index is 0.356. The fraction of sp³-hybridized carbons (Fsp3) is 0.654. The van der Waals surface area contributed by atoms with Crippen LogP contribution >= 0.6 is 0 Å². The standard InChI is InChI=1S/C26H39N7/c1-19-15-20(2)25(27-17-19)31-13-14-32(22(4)18-31)24-16-23(30-10-6-5-7-11-30)28-26(29-24)33-12-8-9-21(33)3/h15-17,21-22H,5-14,18H2,1-4H3. The van der Waals surface area contributed by atoms with Crippen LogP contribution in [0, 0.1) is 13.8 Å². The molecule has 2 aromatic heterocycles. The summed E-state index contributed by atoms with van der Waals surface area (Å²) in [7, 11) is 0. The number of hydrogen-bond acceptors (Lipinski definition) is 7. The van der Waals surface area contributed by atoms with E-state index in [4.69, 9.17) is 15.0 Å². The van der Waals surface area contributed by atoms with Crippen LogP contribution in [0.1, 0.15) is 57.1 Å². The van der Waals surface area contributed by atoms with Gasteiger partial charge in [-0.3, -0.25) is 0 Å². The second-order valence-corrected chi connectivity index (χ2v) is 10.3. The van der Waals surface area contributed by atoms with Gasteiger partial charge in [-0.15, -0.1) is 0 Å². The van der Waals surface area contributed by atoms with Crippen LogP contribution in [-0.2, 0) is 0 Å². The van der Waals surface area contributed by atoms with Gasteiger partial charge in [-0.1, -0.05) is 6.07 Å². The maximum atomic E-state index is 5.14. The number of hydrogen-bond donors (Lipinski definition) is 0. The van der Waals surface area contributed by atoms with Crippen molar-refractivity contribution in [3.63, 3.8) is 0 Å². The largest absolute Gasteiger partial charge is 0.356 e.